The van der Waals surface area contributed by atoms with Gasteiger partial charge in [-0.15, -0.1) is 0 Å². The minimum absolute atomic E-state index is 0.912. The fourth-order valence-electron chi connectivity index (χ4n) is 2.08. The molecule has 0 fully saturated rings. The number of hydrogen-bond donors (Lipinski definition) is 1. The summed E-state index contributed by atoms with van der Waals surface area (Å²) in [4.78, 5) is 4.53. The van der Waals surface area contributed by atoms with Crippen molar-refractivity contribution in [3.05, 3.63) is 29.3 Å². The van der Waals surface area contributed by atoms with E-state index in [0.29, 0.717) is 0 Å². The minimum atomic E-state index is 0.912. The van der Waals surface area contributed by atoms with Gasteiger partial charge in [0.2, 0.25) is 0 Å². The molecule has 1 N–H and O–H groups in total. The molecule has 0 aliphatic heterocycles. The van der Waals surface area contributed by atoms with Crippen molar-refractivity contribution in [3.63, 3.8) is 0 Å². The summed E-state index contributed by atoms with van der Waals surface area (Å²) in [6.07, 6.45) is 0. The van der Waals surface area contributed by atoms with E-state index in [0.717, 1.165) is 38.5 Å². The van der Waals surface area contributed by atoms with Crippen molar-refractivity contribution in [1.29, 1.82) is 0 Å². The first-order valence-corrected chi connectivity index (χ1v) is 7.26. The van der Waals surface area contributed by atoms with Crippen LogP contribution in [0.5, 0.6) is 5.75 Å². The van der Waals surface area contributed by atoms with Gasteiger partial charge in [-0.3, -0.25) is 0 Å². The second kappa shape index (κ2) is 8.95. The zero-order valence-corrected chi connectivity index (χ0v) is 13.6. The number of nitrogens with one attached hydrogen (secondary N) is 1. The standard InChI is InChI=1S/C16H29N3O/c1-6-17-12-14-7-8-16(20-5)15(11-14)13-19(4)10-9-18(2)3/h7-8,11,17H,6,9-10,12-13H2,1-5H3. The first kappa shape index (κ1) is 17.0. The third kappa shape index (κ3) is 5.90. The van der Waals surface area contributed by atoms with Crippen LogP contribution >= 0.6 is 0 Å². The Morgan fingerprint density at radius 2 is 1.90 bits per heavy atom. The molecular weight excluding hydrogens is 250 g/mol. The van der Waals surface area contributed by atoms with E-state index in [4.69, 9.17) is 4.74 Å². The van der Waals surface area contributed by atoms with E-state index in [1.165, 1.54) is 11.1 Å². The lowest BCUT2D eigenvalue weighted by Gasteiger charge is -2.21. The van der Waals surface area contributed by atoms with Crippen LogP contribution in [0, 0.1) is 0 Å². The molecule has 4 heteroatoms. The molecule has 114 valence electrons. The molecule has 0 aliphatic rings. The summed E-state index contributed by atoms with van der Waals surface area (Å²) in [5.41, 5.74) is 2.56. The smallest absolute Gasteiger partial charge is 0.123 e. The van der Waals surface area contributed by atoms with Gasteiger partial charge < -0.3 is 19.9 Å². The van der Waals surface area contributed by atoms with E-state index in [-0.39, 0.29) is 0 Å². The van der Waals surface area contributed by atoms with Crippen molar-refractivity contribution in [1.82, 2.24) is 15.1 Å². The van der Waals surface area contributed by atoms with E-state index < -0.39 is 0 Å². The van der Waals surface area contributed by atoms with E-state index in [1.54, 1.807) is 7.11 Å². The van der Waals surface area contributed by atoms with Gasteiger partial charge in [0.05, 0.1) is 7.11 Å². The number of ether oxygens (including phenoxy) is 1. The summed E-state index contributed by atoms with van der Waals surface area (Å²) in [7, 11) is 8.10. The topological polar surface area (TPSA) is 27.7 Å². The van der Waals surface area contributed by atoms with Crippen molar-refractivity contribution in [2.45, 2.75) is 20.0 Å². The van der Waals surface area contributed by atoms with Crippen molar-refractivity contribution in [3.8, 4) is 5.75 Å². The maximum Gasteiger partial charge on any atom is 0.123 e. The largest absolute Gasteiger partial charge is 0.496 e. The van der Waals surface area contributed by atoms with Crippen LogP contribution in [0.15, 0.2) is 18.2 Å². The number of hydrogen-bond acceptors (Lipinski definition) is 4. The highest BCUT2D eigenvalue weighted by Crippen LogP contribution is 2.21. The van der Waals surface area contributed by atoms with Crippen LogP contribution in [0.2, 0.25) is 0 Å². The van der Waals surface area contributed by atoms with Crippen molar-refractivity contribution >= 4 is 0 Å². The Hall–Kier alpha value is -1.10. The predicted octanol–water partition coefficient (Wildman–Crippen LogP) is 1.80. The normalized spacial score (nSPS) is 11.3. The summed E-state index contributed by atoms with van der Waals surface area (Å²) < 4.78 is 5.47. The molecule has 0 unspecified atom stereocenters. The van der Waals surface area contributed by atoms with Gasteiger partial charge in [0.15, 0.2) is 0 Å². The molecule has 20 heavy (non-hydrogen) atoms. The SMILES string of the molecule is CCNCc1ccc(OC)c(CN(C)CCN(C)C)c1. The van der Waals surface area contributed by atoms with E-state index in [2.05, 4.69) is 61.4 Å². The molecule has 1 aromatic rings. The summed E-state index contributed by atoms with van der Waals surface area (Å²) in [5, 5.41) is 3.36. The number of rotatable bonds is 9. The molecule has 0 saturated heterocycles. The molecule has 0 bridgehead atoms. The Morgan fingerprint density at radius 3 is 2.50 bits per heavy atom. The first-order chi connectivity index (χ1) is 9.56. The van der Waals surface area contributed by atoms with Crippen molar-refractivity contribution < 1.29 is 4.74 Å². The summed E-state index contributed by atoms with van der Waals surface area (Å²) >= 11 is 0. The van der Waals surface area contributed by atoms with E-state index >= 15 is 0 Å². The molecule has 0 aromatic heterocycles. The number of nitrogens with zero attached hydrogens (tertiary/aromatic N) is 2. The molecule has 4 nitrogen and oxygen atoms in total. The fraction of sp³-hybridized carbons (Fsp3) is 0.625. The lowest BCUT2D eigenvalue weighted by atomic mass is 10.1. The average Bonchev–Trinajstić information content (AvgIpc) is 2.43. The van der Waals surface area contributed by atoms with Gasteiger partial charge in [0.25, 0.3) is 0 Å². The summed E-state index contributed by atoms with van der Waals surface area (Å²) in [5.74, 6) is 0.974. The highest BCUT2D eigenvalue weighted by molar-refractivity contribution is 5.37. The number of likely N-dealkylation sites (N-methyl/N-ethyl adjacent to an activating group) is 2. The van der Waals surface area contributed by atoms with E-state index in [1.807, 2.05) is 0 Å². The average molecular weight is 279 g/mol. The molecule has 0 aliphatic carbocycles. The monoisotopic (exact) mass is 279 g/mol. The third-order valence-electron chi connectivity index (χ3n) is 3.29. The van der Waals surface area contributed by atoms with Gasteiger partial charge in [-0.05, 0) is 45.4 Å². The molecule has 0 spiro atoms. The minimum Gasteiger partial charge on any atom is -0.496 e. The van der Waals surface area contributed by atoms with Gasteiger partial charge in [-0.1, -0.05) is 13.0 Å². The first-order valence-electron chi connectivity index (χ1n) is 7.26. The summed E-state index contributed by atoms with van der Waals surface area (Å²) in [6.45, 7) is 7.05. The van der Waals surface area contributed by atoms with Gasteiger partial charge in [0.1, 0.15) is 5.75 Å². The molecule has 0 heterocycles. The Bertz CT molecular complexity index is 393. The molecule has 0 saturated carbocycles. The molecular formula is C16H29N3O. The maximum absolute atomic E-state index is 5.47. The third-order valence-corrected chi connectivity index (χ3v) is 3.29. The Morgan fingerprint density at radius 1 is 1.15 bits per heavy atom. The van der Waals surface area contributed by atoms with Gasteiger partial charge in [-0.2, -0.15) is 0 Å². The van der Waals surface area contributed by atoms with Crippen molar-refractivity contribution in [2.24, 2.45) is 0 Å². The highest BCUT2D eigenvalue weighted by atomic mass is 16.5. The Labute approximate surface area is 123 Å². The molecule has 0 amide bonds. The van der Waals surface area contributed by atoms with Crippen LogP contribution < -0.4 is 10.1 Å². The van der Waals surface area contributed by atoms with Gasteiger partial charge in [0, 0.05) is 31.7 Å². The molecule has 1 aromatic carbocycles. The predicted molar refractivity (Wildman–Crippen MR) is 85.3 cm³/mol. The van der Waals surface area contributed by atoms with Crippen molar-refractivity contribution in [2.75, 3.05) is 47.9 Å². The second-order valence-electron chi connectivity index (χ2n) is 5.47. The second-order valence-corrected chi connectivity index (χ2v) is 5.47. The molecule has 1 rings (SSSR count). The van der Waals surface area contributed by atoms with Crippen LogP contribution in [0.1, 0.15) is 18.1 Å². The lowest BCUT2D eigenvalue weighted by molar-refractivity contribution is 0.272. The van der Waals surface area contributed by atoms with Crippen LogP contribution in [-0.4, -0.2) is 57.7 Å². The van der Waals surface area contributed by atoms with Crippen LogP contribution in [0.4, 0.5) is 0 Å². The number of methoxy groups -OCH3 is 1. The highest BCUT2D eigenvalue weighted by Gasteiger charge is 2.08. The fourth-order valence-corrected chi connectivity index (χ4v) is 2.08. The zero-order chi connectivity index (χ0) is 15.0. The van der Waals surface area contributed by atoms with Crippen LogP contribution in [-0.2, 0) is 13.1 Å². The quantitative estimate of drug-likeness (QED) is 0.746. The van der Waals surface area contributed by atoms with Gasteiger partial charge in [-0.25, -0.2) is 0 Å². The van der Waals surface area contributed by atoms with Crippen LogP contribution in [0.25, 0.3) is 0 Å². The Balaban J connectivity index is 2.69. The Kier molecular flexibility index (Phi) is 7.59. The maximum atomic E-state index is 5.47. The lowest BCUT2D eigenvalue weighted by Crippen LogP contribution is -2.28. The number of benzene rings is 1. The zero-order valence-electron chi connectivity index (χ0n) is 13.6. The summed E-state index contributed by atoms with van der Waals surface area (Å²) in [6, 6.07) is 6.44. The molecule has 0 radical (unpaired) electrons. The van der Waals surface area contributed by atoms with E-state index in [9.17, 15) is 0 Å². The van der Waals surface area contributed by atoms with Crippen LogP contribution in [0.3, 0.4) is 0 Å². The van der Waals surface area contributed by atoms with Gasteiger partial charge >= 0.3 is 0 Å². The molecule has 0 atom stereocenters.